The number of aldehydes is 1. The van der Waals surface area contributed by atoms with Crippen LogP contribution in [0.5, 0.6) is 0 Å². The Bertz CT molecular complexity index is 299. The van der Waals surface area contributed by atoms with E-state index in [-0.39, 0.29) is 0 Å². The summed E-state index contributed by atoms with van der Waals surface area (Å²) in [6, 6.07) is 0. The molecule has 0 atom stereocenters. The number of nitrogens with zero attached hydrogens (tertiary/aromatic N) is 2. The molecule has 1 heterocycles. The summed E-state index contributed by atoms with van der Waals surface area (Å²) in [5.74, 6) is 0. The van der Waals surface area contributed by atoms with Crippen molar-refractivity contribution in [2.75, 3.05) is 0 Å². The summed E-state index contributed by atoms with van der Waals surface area (Å²) in [6.45, 7) is 1.95. The summed E-state index contributed by atoms with van der Waals surface area (Å²) in [4.78, 5) is 10.5. The Hall–Kier alpha value is -1.38. The van der Waals surface area contributed by atoms with Gasteiger partial charge in [-0.1, -0.05) is 6.92 Å². The third-order valence-corrected chi connectivity index (χ3v) is 1.64. The SMILES string of the molecule is CC/C(C=O)=C\c1cnn(C)c1. The van der Waals surface area contributed by atoms with E-state index in [1.165, 1.54) is 0 Å². The van der Waals surface area contributed by atoms with Crippen molar-refractivity contribution < 1.29 is 4.79 Å². The number of carbonyl (C=O) groups excluding carboxylic acids is 1. The second-order valence-corrected chi connectivity index (χ2v) is 2.64. The molecule has 0 aliphatic carbocycles. The van der Waals surface area contributed by atoms with Crippen molar-refractivity contribution in [3.8, 4) is 0 Å². The van der Waals surface area contributed by atoms with Crippen molar-refractivity contribution >= 4 is 12.4 Å². The van der Waals surface area contributed by atoms with Crippen LogP contribution in [-0.4, -0.2) is 16.1 Å². The van der Waals surface area contributed by atoms with Crippen LogP contribution in [0, 0.1) is 0 Å². The van der Waals surface area contributed by atoms with E-state index in [2.05, 4.69) is 5.10 Å². The van der Waals surface area contributed by atoms with Gasteiger partial charge in [-0.25, -0.2) is 0 Å². The summed E-state index contributed by atoms with van der Waals surface area (Å²) < 4.78 is 1.71. The molecule has 64 valence electrons. The highest BCUT2D eigenvalue weighted by Crippen LogP contribution is 2.05. The van der Waals surface area contributed by atoms with Gasteiger partial charge in [0.2, 0.25) is 0 Å². The highest BCUT2D eigenvalue weighted by atomic mass is 16.1. The molecule has 12 heavy (non-hydrogen) atoms. The summed E-state index contributed by atoms with van der Waals surface area (Å²) in [5, 5.41) is 3.99. The molecule has 1 aromatic rings. The van der Waals surface area contributed by atoms with Crippen molar-refractivity contribution in [1.29, 1.82) is 0 Å². The molecule has 0 unspecified atom stereocenters. The largest absolute Gasteiger partial charge is 0.298 e. The Balaban J connectivity index is 2.85. The number of aromatic nitrogens is 2. The molecule has 0 bridgehead atoms. The number of carbonyl (C=O) groups is 1. The highest BCUT2D eigenvalue weighted by Gasteiger charge is 1.94. The van der Waals surface area contributed by atoms with Gasteiger partial charge >= 0.3 is 0 Å². The van der Waals surface area contributed by atoms with Crippen LogP contribution in [0.3, 0.4) is 0 Å². The van der Waals surface area contributed by atoms with Gasteiger partial charge in [-0.3, -0.25) is 9.48 Å². The molecule has 0 fully saturated rings. The fourth-order valence-corrected chi connectivity index (χ4v) is 0.948. The van der Waals surface area contributed by atoms with Crippen LogP contribution in [0.2, 0.25) is 0 Å². The molecule has 3 nitrogen and oxygen atoms in total. The fraction of sp³-hybridized carbons (Fsp3) is 0.333. The minimum absolute atomic E-state index is 0.762. The zero-order chi connectivity index (χ0) is 8.97. The molecule has 1 aromatic heterocycles. The standard InChI is InChI=1S/C9H12N2O/c1-3-8(7-12)4-9-5-10-11(2)6-9/h4-7H,3H2,1-2H3/b8-4+. The van der Waals surface area contributed by atoms with Crippen LogP contribution in [0.15, 0.2) is 18.0 Å². The van der Waals surface area contributed by atoms with Crippen LogP contribution in [-0.2, 0) is 11.8 Å². The van der Waals surface area contributed by atoms with E-state index in [9.17, 15) is 4.79 Å². The van der Waals surface area contributed by atoms with E-state index < -0.39 is 0 Å². The average Bonchev–Trinajstić information content (AvgIpc) is 2.47. The number of rotatable bonds is 3. The molecule has 0 saturated carbocycles. The molecule has 0 spiro atoms. The first-order valence-corrected chi connectivity index (χ1v) is 3.90. The van der Waals surface area contributed by atoms with E-state index in [4.69, 9.17) is 0 Å². The lowest BCUT2D eigenvalue weighted by Crippen LogP contribution is -1.84. The normalized spacial score (nSPS) is 11.7. The number of hydrogen-bond acceptors (Lipinski definition) is 2. The second-order valence-electron chi connectivity index (χ2n) is 2.64. The van der Waals surface area contributed by atoms with Crippen molar-refractivity contribution in [3.63, 3.8) is 0 Å². The topological polar surface area (TPSA) is 34.9 Å². The predicted octanol–water partition coefficient (Wildman–Crippen LogP) is 1.41. The maximum Gasteiger partial charge on any atom is 0.146 e. The van der Waals surface area contributed by atoms with Crippen molar-refractivity contribution in [3.05, 3.63) is 23.5 Å². The zero-order valence-electron chi connectivity index (χ0n) is 7.32. The number of aryl methyl sites for hydroxylation is 1. The first-order valence-electron chi connectivity index (χ1n) is 3.90. The lowest BCUT2D eigenvalue weighted by molar-refractivity contribution is -0.104. The van der Waals surface area contributed by atoms with Gasteiger partial charge in [0.1, 0.15) is 6.29 Å². The minimum atomic E-state index is 0.762. The van der Waals surface area contributed by atoms with Crippen LogP contribution < -0.4 is 0 Å². The fourth-order valence-electron chi connectivity index (χ4n) is 0.948. The Labute approximate surface area is 71.7 Å². The predicted molar refractivity (Wildman–Crippen MR) is 47.5 cm³/mol. The van der Waals surface area contributed by atoms with Gasteiger partial charge in [-0.15, -0.1) is 0 Å². The molecule has 0 aliphatic rings. The molecule has 0 saturated heterocycles. The van der Waals surface area contributed by atoms with Gasteiger partial charge in [0.15, 0.2) is 0 Å². The smallest absolute Gasteiger partial charge is 0.146 e. The summed E-state index contributed by atoms with van der Waals surface area (Å²) >= 11 is 0. The van der Waals surface area contributed by atoms with Gasteiger partial charge in [-0.05, 0) is 18.1 Å². The molecule has 1 rings (SSSR count). The van der Waals surface area contributed by atoms with Gasteiger partial charge in [0, 0.05) is 18.8 Å². The Morgan fingerprint density at radius 1 is 1.75 bits per heavy atom. The van der Waals surface area contributed by atoms with Gasteiger partial charge < -0.3 is 0 Å². The van der Waals surface area contributed by atoms with Gasteiger partial charge in [-0.2, -0.15) is 5.10 Å². The first-order chi connectivity index (χ1) is 5.76. The monoisotopic (exact) mass is 164 g/mol. The van der Waals surface area contributed by atoms with Crippen LogP contribution in [0.25, 0.3) is 6.08 Å². The summed E-state index contributed by atoms with van der Waals surface area (Å²) in [5.41, 5.74) is 1.77. The quantitative estimate of drug-likeness (QED) is 0.500. The maximum atomic E-state index is 10.5. The number of hydrogen-bond donors (Lipinski definition) is 0. The Morgan fingerprint density at radius 3 is 2.92 bits per heavy atom. The minimum Gasteiger partial charge on any atom is -0.298 e. The highest BCUT2D eigenvalue weighted by molar-refractivity contribution is 5.81. The number of allylic oxidation sites excluding steroid dienone is 1. The van der Waals surface area contributed by atoms with Gasteiger partial charge in [0.05, 0.1) is 6.20 Å². The van der Waals surface area contributed by atoms with E-state index in [1.54, 1.807) is 10.9 Å². The first kappa shape index (κ1) is 8.71. The third-order valence-electron chi connectivity index (χ3n) is 1.64. The molecule has 0 N–H and O–H groups in total. The average molecular weight is 164 g/mol. The van der Waals surface area contributed by atoms with Crippen molar-refractivity contribution in [2.24, 2.45) is 7.05 Å². The molecule has 0 aromatic carbocycles. The summed E-state index contributed by atoms with van der Waals surface area (Å²) in [7, 11) is 1.85. The maximum absolute atomic E-state index is 10.5. The van der Waals surface area contributed by atoms with E-state index in [0.29, 0.717) is 0 Å². The third kappa shape index (κ3) is 2.05. The van der Waals surface area contributed by atoms with E-state index in [1.807, 2.05) is 26.2 Å². The zero-order valence-corrected chi connectivity index (χ0v) is 7.32. The van der Waals surface area contributed by atoms with Crippen LogP contribution in [0.4, 0.5) is 0 Å². The van der Waals surface area contributed by atoms with Crippen molar-refractivity contribution in [2.45, 2.75) is 13.3 Å². The van der Waals surface area contributed by atoms with Gasteiger partial charge in [0.25, 0.3) is 0 Å². The lowest BCUT2D eigenvalue weighted by atomic mass is 10.2. The van der Waals surface area contributed by atoms with Crippen LogP contribution in [0.1, 0.15) is 18.9 Å². The molecule has 0 radical (unpaired) electrons. The molecular weight excluding hydrogens is 152 g/mol. The Kier molecular flexibility index (Phi) is 2.80. The molecular formula is C9H12N2O. The van der Waals surface area contributed by atoms with E-state index in [0.717, 1.165) is 23.8 Å². The van der Waals surface area contributed by atoms with Crippen LogP contribution >= 0.6 is 0 Å². The van der Waals surface area contributed by atoms with E-state index >= 15 is 0 Å². The van der Waals surface area contributed by atoms with Crippen molar-refractivity contribution in [1.82, 2.24) is 9.78 Å². The molecule has 0 aliphatic heterocycles. The summed E-state index contributed by atoms with van der Waals surface area (Å²) in [6.07, 6.45) is 7.10. The Morgan fingerprint density at radius 2 is 2.50 bits per heavy atom. The molecule has 3 heteroatoms. The lowest BCUT2D eigenvalue weighted by Gasteiger charge is -1.89. The molecule has 0 amide bonds. The second kappa shape index (κ2) is 3.85.